The van der Waals surface area contributed by atoms with Crippen LogP contribution in [0.3, 0.4) is 0 Å². The van der Waals surface area contributed by atoms with Crippen LogP contribution in [0, 0.1) is 0 Å². The Morgan fingerprint density at radius 3 is 2.57 bits per heavy atom. The molecule has 0 spiro atoms. The first-order valence-electron chi connectivity index (χ1n) is 7.87. The van der Waals surface area contributed by atoms with Gasteiger partial charge in [-0.3, -0.25) is 0 Å². The third kappa shape index (κ3) is 3.73. The highest BCUT2D eigenvalue weighted by atomic mass is 15.2. The van der Waals surface area contributed by atoms with Crippen molar-refractivity contribution in [2.75, 3.05) is 11.9 Å². The van der Waals surface area contributed by atoms with Gasteiger partial charge in [0.25, 0.3) is 0 Å². The average Bonchev–Trinajstić information content (AvgIpc) is 2.50. The number of benzene rings is 1. The third-order valence-electron chi connectivity index (χ3n) is 4.10. The maximum atomic E-state index is 4.83. The molecular formula is C18H27N3. The summed E-state index contributed by atoms with van der Waals surface area (Å²) < 4.78 is 0. The maximum Gasteiger partial charge on any atom is 0.129 e. The van der Waals surface area contributed by atoms with E-state index in [0.717, 1.165) is 24.3 Å². The highest BCUT2D eigenvalue weighted by Gasteiger charge is 2.12. The topological polar surface area (TPSA) is 28.2 Å². The van der Waals surface area contributed by atoms with Crippen LogP contribution < -0.4 is 10.2 Å². The minimum absolute atomic E-state index is 0.479. The number of anilines is 1. The van der Waals surface area contributed by atoms with Crippen LogP contribution in [-0.4, -0.2) is 24.1 Å². The number of nitrogens with zero attached hydrogens (tertiary/aromatic N) is 2. The molecule has 2 rings (SSSR count). The summed E-state index contributed by atoms with van der Waals surface area (Å²) in [7, 11) is 2.13. The fourth-order valence-electron chi connectivity index (χ4n) is 2.37. The molecule has 0 fully saturated rings. The van der Waals surface area contributed by atoms with Gasteiger partial charge in [0.1, 0.15) is 5.82 Å². The molecule has 1 aromatic heterocycles. The minimum atomic E-state index is 0.479. The molecular weight excluding hydrogens is 258 g/mol. The summed E-state index contributed by atoms with van der Waals surface area (Å²) in [6, 6.07) is 11.6. The summed E-state index contributed by atoms with van der Waals surface area (Å²) in [5.41, 5.74) is 2.39. The van der Waals surface area contributed by atoms with Crippen molar-refractivity contribution < 1.29 is 0 Å². The molecule has 0 aliphatic rings. The number of rotatable bonds is 6. The molecule has 0 amide bonds. The average molecular weight is 285 g/mol. The molecule has 1 atom stereocenters. The van der Waals surface area contributed by atoms with Crippen molar-refractivity contribution in [3.8, 4) is 0 Å². The van der Waals surface area contributed by atoms with E-state index in [1.165, 1.54) is 10.9 Å². The van der Waals surface area contributed by atoms with E-state index >= 15 is 0 Å². The second-order valence-corrected chi connectivity index (χ2v) is 6.06. The largest absolute Gasteiger partial charge is 0.357 e. The molecule has 1 N–H and O–H groups in total. The van der Waals surface area contributed by atoms with Crippen molar-refractivity contribution >= 4 is 16.7 Å². The molecule has 0 aliphatic carbocycles. The molecule has 0 aliphatic heterocycles. The number of aromatic nitrogens is 1. The number of nitrogens with one attached hydrogen (secondary N) is 1. The third-order valence-corrected chi connectivity index (χ3v) is 4.10. The number of para-hydroxylation sites is 1. The first-order valence-corrected chi connectivity index (χ1v) is 7.87. The van der Waals surface area contributed by atoms with E-state index in [-0.39, 0.29) is 0 Å². The van der Waals surface area contributed by atoms with E-state index in [1.807, 2.05) is 0 Å². The molecule has 21 heavy (non-hydrogen) atoms. The summed E-state index contributed by atoms with van der Waals surface area (Å²) in [6.07, 6.45) is 1.12. The summed E-state index contributed by atoms with van der Waals surface area (Å²) in [4.78, 5) is 7.10. The van der Waals surface area contributed by atoms with Crippen LogP contribution in [0.15, 0.2) is 30.3 Å². The van der Waals surface area contributed by atoms with Crippen LogP contribution in [0.1, 0.15) is 39.7 Å². The SMILES string of the molecule is CCC(C)N(C)c1cc(CNC(C)C)c2ccccc2n1. The Labute approximate surface area is 128 Å². The van der Waals surface area contributed by atoms with Gasteiger partial charge < -0.3 is 10.2 Å². The van der Waals surface area contributed by atoms with Crippen molar-refractivity contribution in [3.63, 3.8) is 0 Å². The van der Waals surface area contributed by atoms with E-state index in [9.17, 15) is 0 Å². The summed E-state index contributed by atoms with van der Waals surface area (Å²) >= 11 is 0. The van der Waals surface area contributed by atoms with Crippen molar-refractivity contribution in [3.05, 3.63) is 35.9 Å². The van der Waals surface area contributed by atoms with E-state index in [1.54, 1.807) is 0 Å². The highest BCUT2D eigenvalue weighted by molar-refractivity contribution is 5.84. The number of fused-ring (bicyclic) bond motifs is 1. The fourth-order valence-corrected chi connectivity index (χ4v) is 2.37. The molecule has 114 valence electrons. The van der Waals surface area contributed by atoms with Gasteiger partial charge in [-0.05, 0) is 31.0 Å². The standard InChI is InChI=1S/C18H27N3/c1-6-14(4)21(5)18-11-15(12-19-13(2)3)16-9-7-8-10-17(16)20-18/h7-11,13-14,19H,6,12H2,1-5H3. The molecule has 0 bridgehead atoms. The lowest BCUT2D eigenvalue weighted by Crippen LogP contribution is -2.29. The molecule has 0 radical (unpaired) electrons. The Morgan fingerprint density at radius 2 is 1.90 bits per heavy atom. The van der Waals surface area contributed by atoms with E-state index in [4.69, 9.17) is 4.98 Å². The van der Waals surface area contributed by atoms with E-state index in [0.29, 0.717) is 12.1 Å². The van der Waals surface area contributed by atoms with E-state index < -0.39 is 0 Å². The van der Waals surface area contributed by atoms with Crippen molar-refractivity contribution in [2.45, 2.75) is 52.7 Å². The highest BCUT2D eigenvalue weighted by Crippen LogP contribution is 2.24. The van der Waals surface area contributed by atoms with Crippen molar-refractivity contribution in [1.29, 1.82) is 0 Å². The number of hydrogen-bond acceptors (Lipinski definition) is 3. The quantitative estimate of drug-likeness (QED) is 0.870. The smallest absolute Gasteiger partial charge is 0.129 e. The molecule has 0 saturated carbocycles. The van der Waals surface area contributed by atoms with Gasteiger partial charge in [0.15, 0.2) is 0 Å². The Bertz CT molecular complexity index is 592. The number of hydrogen-bond donors (Lipinski definition) is 1. The van der Waals surface area contributed by atoms with Gasteiger partial charge in [-0.1, -0.05) is 39.0 Å². The van der Waals surface area contributed by atoms with Gasteiger partial charge in [-0.15, -0.1) is 0 Å². The van der Waals surface area contributed by atoms with Gasteiger partial charge in [-0.2, -0.15) is 0 Å². The monoisotopic (exact) mass is 285 g/mol. The lowest BCUT2D eigenvalue weighted by Gasteiger charge is -2.26. The Morgan fingerprint density at radius 1 is 1.19 bits per heavy atom. The summed E-state index contributed by atoms with van der Waals surface area (Å²) in [5.74, 6) is 1.06. The molecule has 2 aromatic rings. The van der Waals surface area contributed by atoms with Gasteiger partial charge in [0, 0.05) is 31.1 Å². The van der Waals surface area contributed by atoms with Gasteiger partial charge in [0.05, 0.1) is 5.52 Å². The molecule has 3 nitrogen and oxygen atoms in total. The van der Waals surface area contributed by atoms with Gasteiger partial charge >= 0.3 is 0 Å². The summed E-state index contributed by atoms with van der Waals surface area (Å²) in [6.45, 7) is 9.68. The van der Waals surface area contributed by atoms with Crippen LogP contribution >= 0.6 is 0 Å². The second-order valence-electron chi connectivity index (χ2n) is 6.06. The zero-order valence-electron chi connectivity index (χ0n) is 13.9. The Balaban J connectivity index is 2.43. The van der Waals surface area contributed by atoms with Crippen LogP contribution in [0.25, 0.3) is 10.9 Å². The zero-order valence-corrected chi connectivity index (χ0v) is 13.9. The van der Waals surface area contributed by atoms with Gasteiger partial charge in [0.2, 0.25) is 0 Å². The Kier molecular flexibility index (Phi) is 5.18. The zero-order chi connectivity index (χ0) is 15.4. The molecule has 1 heterocycles. The number of pyridine rings is 1. The first-order chi connectivity index (χ1) is 10.0. The predicted octanol–water partition coefficient (Wildman–Crippen LogP) is 3.97. The van der Waals surface area contributed by atoms with Crippen molar-refractivity contribution in [2.24, 2.45) is 0 Å². The van der Waals surface area contributed by atoms with Gasteiger partial charge in [-0.25, -0.2) is 4.98 Å². The molecule has 1 aromatic carbocycles. The Hall–Kier alpha value is -1.61. The van der Waals surface area contributed by atoms with Crippen LogP contribution in [0.4, 0.5) is 5.82 Å². The second kappa shape index (κ2) is 6.90. The van der Waals surface area contributed by atoms with Crippen LogP contribution in [0.2, 0.25) is 0 Å². The maximum absolute atomic E-state index is 4.83. The normalized spacial score (nSPS) is 12.9. The minimum Gasteiger partial charge on any atom is -0.357 e. The van der Waals surface area contributed by atoms with E-state index in [2.05, 4.69) is 75.3 Å². The lowest BCUT2D eigenvalue weighted by atomic mass is 10.1. The molecule has 0 saturated heterocycles. The van der Waals surface area contributed by atoms with Crippen LogP contribution in [-0.2, 0) is 6.54 Å². The molecule has 3 heteroatoms. The lowest BCUT2D eigenvalue weighted by molar-refractivity contribution is 0.590. The predicted molar refractivity (Wildman–Crippen MR) is 91.9 cm³/mol. The van der Waals surface area contributed by atoms with Crippen molar-refractivity contribution in [1.82, 2.24) is 10.3 Å². The molecule has 1 unspecified atom stereocenters. The van der Waals surface area contributed by atoms with Crippen LogP contribution in [0.5, 0.6) is 0 Å². The fraction of sp³-hybridized carbons (Fsp3) is 0.500. The summed E-state index contributed by atoms with van der Waals surface area (Å²) in [5, 5.41) is 4.76. The first kappa shape index (κ1) is 15.8.